The molecule has 1 aliphatic rings. The van der Waals surface area contributed by atoms with Gasteiger partial charge in [0.05, 0.1) is 11.7 Å². The number of rotatable bonds is 6. The van der Waals surface area contributed by atoms with Crippen molar-refractivity contribution < 1.29 is 23.9 Å². The number of benzene rings is 1. The molecule has 1 saturated carbocycles. The lowest BCUT2D eigenvalue weighted by molar-refractivity contribution is -0.152. The van der Waals surface area contributed by atoms with Crippen molar-refractivity contribution in [3.63, 3.8) is 0 Å². The Kier molecular flexibility index (Phi) is 5.64. The SMILES string of the molecule is CC(C)OC(=O)c1ccc(NC(=O)COC(=O)[C@@]2(C)CC2(Cl)Cl)cc1. The number of hydrogen-bond acceptors (Lipinski definition) is 5. The second-order valence-electron chi connectivity index (χ2n) is 6.37. The zero-order valence-corrected chi connectivity index (χ0v) is 15.6. The molecule has 6 nitrogen and oxygen atoms in total. The average Bonchev–Trinajstić information content (AvgIpc) is 3.04. The average molecular weight is 388 g/mol. The summed E-state index contributed by atoms with van der Waals surface area (Å²) in [7, 11) is 0. The first-order valence-electron chi connectivity index (χ1n) is 7.71. The van der Waals surface area contributed by atoms with Gasteiger partial charge in [-0.25, -0.2) is 4.79 Å². The predicted molar refractivity (Wildman–Crippen MR) is 93.7 cm³/mol. The molecule has 0 radical (unpaired) electrons. The minimum atomic E-state index is -1.14. The number of ether oxygens (including phenoxy) is 2. The number of alkyl halides is 2. The van der Waals surface area contributed by atoms with Gasteiger partial charge in [0.2, 0.25) is 0 Å². The zero-order chi connectivity index (χ0) is 18.8. The van der Waals surface area contributed by atoms with Crippen LogP contribution in [-0.4, -0.2) is 34.9 Å². The summed E-state index contributed by atoms with van der Waals surface area (Å²) >= 11 is 11.8. The summed E-state index contributed by atoms with van der Waals surface area (Å²) in [6.45, 7) is 4.65. The molecule has 1 atom stereocenters. The van der Waals surface area contributed by atoms with Crippen LogP contribution in [-0.2, 0) is 19.1 Å². The van der Waals surface area contributed by atoms with Gasteiger partial charge in [0, 0.05) is 12.1 Å². The van der Waals surface area contributed by atoms with Crippen molar-refractivity contribution in [3.05, 3.63) is 29.8 Å². The molecule has 0 aromatic heterocycles. The van der Waals surface area contributed by atoms with Crippen LogP contribution in [0.4, 0.5) is 5.69 Å². The van der Waals surface area contributed by atoms with Crippen LogP contribution in [0.25, 0.3) is 0 Å². The highest BCUT2D eigenvalue weighted by Gasteiger charge is 2.69. The molecule has 0 bridgehead atoms. The van der Waals surface area contributed by atoms with Crippen molar-refractivity contribution in [3.8, 4) is 0 Å². The molecule has 0 aliphatic heterocycles. The Balaban J connectivity index is 1.83. The molecule has 1 N–H and O–H groups in total. The molecule has 2 rings (SSSR count). The van der Waals surface area contributed by atoms with Crippen LogP contribution in [0.1, 0.15) is 37.6 Å². The Bertz CT molecular complexity index is 687. The lowest BCUT2D eigenvalue weighted by Gasteiger charge is -2.12. The van der Waals surface area contributed by atoms with Crippen molar-refractivity contribution in [2.45, 2.75) is 37.6 Å². The molecule has 1 fully saturated rings. The molecule has 1 aromatic rings. The Morgan fingerprint density at radius 1 is 1.20 bits per heavy atom. The van der Waals surface area contributed by atoms with Crippen LogP contribution in [0.15, 0.2) is 24.3 Å². The summed E-state index contributed by atoms with van der Waals surface area (Å²) in [5.41, 5.74) is -0.140. The summed E-state index contributed by atoms with van der Waals surface area (Å²) in [4.78, 5) is 35.5. The Morgan fingerprint density at radius 2 is 1.76 bits per heavy atom. The maximum absolute atomic E-state index is 11.9. The molecule has 136 valence electrons. The van der Waals surface area contributed by atoms with E-state index in [0.717, 1.165) is 0 Å². The summed E-state index contributed by atoms with van der Waals surface area (Å²) in [6.07, 6.45) is 0.0759. The Hall–Kier alpha value is -1.79. The van der Waals surface area contributed by atoms with Gasteiger partial charge in [-0.3, -0.25) is 9.59 Å². The Labute approximate surface area is 155 Å². The van der Waals surface area contributed by atoms with Crippen molar-refractivity contribution in [1.29, 1.82) is 0 Å². The van der Waals surface area contributed by atoms with Crippen LogP contribution in [0.3, 0.4) is 0 Å². The van der Waals surface area contributed by atoms with Crippen LogP contribution in [0, 0.1) is 5.41 Å². The van der Waals surface area contributed by atoms with Gasteiger partial charge in [-0.1, -0.05) is 0 Å². The fraction of sp³-hybridized carbons (Fsp3) is 0.471. The summed E-state index contributed by atoms with van der Waals surface area (Å²) in [6, 6.07) is 6.18. The third-order valence-corrected chi connectivity index (χ3v) is 4.89. The maximum Gasteiger partial charge on any atom is 0.338 e. The number of anilines is 1. The summed E-state index contributed by atoms with van der Waals surface area (Å²) in [5.74, 6) is -1.56. The lowest BCUT2D eigenvalue weighted by atomic mass is 10.1. The molecule has 1 aromatic carbocycles. The molecular formula is C17H19Cl2NO5. The molecule has 0 heterocycles. The van der Waals surface area contributed by atoms with Crippen LogP contribution >= 0.6 is 23.2 Å². The smallest absolute Gasteiger partial charge is 0.338 e. The van der Waals surface area contributed by atoms with Crippen LogP contribution in [0.5, 0.6) is 0 Å². The third kappa shape index (κ3) is 4.64. The Morgan fingerprint density at radius 3 is 2.24 bits per heavy atom. The zero-order valence-electron chi connectivity index (χ0n) is 14.1. The molecular weight excluding hydrogens is 369 g/mol. The van der Waals surface area contributed by atoms with Crippen molar-refractivity contribution in [1.82, 2.24) is 0 Å². The topological polar surface area (TPSA) is 81.7 Å². The van der Waals surface area contributed by atoms with E-state index in [0.29, 0.717) is 11.3 Å². The highest BCUT2D eigenvalue weighted by molar-refractivity contribution is 6.53. The molecule has 8 heteroatoms. The van der Waals surface area contributed by atoms with Gasteiger partial charge in [-0.15, -0.1) is 23.2 Å². The first kappa shape index (κ1) is 19.5. The fourth-order valence-electron chi connectivity index (χ4n) is 2.08. The molecule has 1 amide bonds. The maximum atomic E-state index is 11.9. The largest absolute Gasteiger partial charge is 0.459 e. The highest BCUT2D eigenvalue weighted by Crippen LogP contribution is 2.64. The molecule has 0 saturated heterocycles. The predicted octanol–water partition coefficient (Wildman–Crippen LogP) is 3.32. The standard InChI is InChI=1S/C17H19Cl2NO5/c1-10(2)25-14(22)11-4-6-12(7-5-11)20-13(21)8-24-15(23)16(3)9-17(16,18)19/h4-7,10H,8-9H2,1-3H3,(H,20,21)/t16-/m1/s1. The first-order valence-corrected chi connectivity index (χ1v) is 8.47. The number of nitrogens with one attached hydrogen (secondary N) is 1. The summed E-state index contributed by atoms with van der Waals surface area (Å²) in [5, 5.41) is 2.56. The molecule has 0 spiro atoms. The number of amides is 1. The highest BCUT2D eigenvalue weighted by atomic mass is 35.5. The van der Waals surface area contributed by atoms with Crippen LogP contribution in [0.2, 0.25) is 0 Å². The second-order valence-corrected chi connectivity index (χ2v) is 7.85. The van der Waals surface area contributed by atoms with E-state index in [1.165, 1.54) is 12.1 Å². The second kappa shape index (κ2) is 7.22. The van der Waals surface area contributed by atoms with Gasteiger partial charge >= 0.3 is 11.9 Å². The quantitative estimate of drug-likeness (QED) is 0.597. The van der Waals surface area contributed by atoms with E-state index in [4.69, 9.17) is 32.7 Å². The minimum absolute atomic E-state index is 0.213. The van der Waals surface area contributed by atoms with Gasteiger partial charge in [-0.05, 0) is 45.0 Å². The van der Waals surface area contributed by atoms with E-state index in [1.54, 1.807) is 32.9 Å². The number of halogens is 2. The fourth-order valence-corrected chi connectivity index (χ4v) is 2.77. The van der Waals surface area contributed by atoms with Crippen LogP contribution < -0.4 is 5.32 Å². The molecule has 0 unspecified atom stereocenters. The van der Waals surface area contributed by atoms with Gasteiger partial charge in [0.25, 0.3) is 5.91 Å². The number of hydrogen-bond donors (Lipinski definition) is 1. The van der Waals surface area contributed by atoms with E-state index >= 15 is 0 Å². The lowest BCUT2D eigenvalue weighted by Crippen LogP contribution is -2.26. The van der Waals surface area contributed by atoms with Gasteiger partial charge < -0.3 is 14.8 Å². The molecule has 25 heavy (non-hydrogen) atoms. The monoisotopic (exact) mass is 387 g/mol. The number of esters is 2. The van der Waals surface area contributed by atoms with E-state index in [9.17, 15) is 14.4 Å². The van der Waals surface area contributed by atoms with Gasteiger partial charge in [0.15, 0.2) is 6.61 Å². The number of carbonyl (C=O) groups excluding carboxylic acids is 3. The van der Waals surface area contributed by atoms with Crippen molar-refractivity contribution in [2.24, 2.45) is 5.41 Å². The first-order chi connectivity index (χ1) is 11.5. The van der Waals surface area contributed by atoms with Crippen molar-refractivity contribution >= 4 is 46.7 Å². The normalized spacial score (nSPS) is 20.7. The third-order valence-electron chi connectivity index (χ3n) is 3.79. The van der Waals surface area contributed by atoms with E-state index < -0.39 is 34.2 Å². The molecule has 1 aliphatic carbocycles. The van der Waals surface area contributed by atoms with Gasteiger partial charge in [-0.2, -0.15) is 0 Å². The van der Waals surface area contributed by atoms with E-state index in [1.807, 2.05) is 0 Å². The van der Waals surface area contributed by atoms with Crippen molar-refractivity contribution in [2.75, 3.05) is 11.9 Å². The van der Waals surface area contributed by atoms with Gasteiger partial charge in [0.1, 0.15) is 9.75 Å². The van der Waals surface area contributed by atoms with E-state index in [2.05, 4.69) is 5.32 Å². The minimum Gasteiger partial charge on any atom is -0.459 e. The number of carbonyl (C=O) groups is 3. The summed E-state index contributed by atoms with van der Waals surface area (Å²) < 4.78 is 8.88. The van der Waals surface area contributed by atoms with E-state index in [-0.39, 0.29) is 12.5 Å².